The van der Waals surface area contributed by atoms with Crippen LogP contribution < -0.4 is 0 Å². The van der Waals surface area contributed by atoms with Gasteiger partial charge in [0.2, 0.25) is 5.28 Å². The Bertz CT molecular complexity index is 545. The van der Waals surface area contributed by atoms with E-state index in [2.05, 4.69) is 15.1 Å². The summed E-state index contributed by atoms with van der Waals surface area (Å²) >= 11 is 11.8. The summed E-state index contributed by atoms with van der Waals surface area (Å²) in [4.78, 5) is 8.12. The zero-order valence-corrected chi connectivity index (χ0v) is 9.55. The summed E-state index contributed by atoms with van der Waals surface area (Å²) in [6.07, 6.45) is 2.34. The number of nitrogens with zero attached hydrogens (tertiary/aromatic N) is 4. The molecule has 0 atom stereocenters. The zero-order chi connectivity index (χ0) is 10.6. The fourth-order valence-electron chi connectivity index (χ4n) is 1.76. The second-order valence-corrected chi connectivity index (χ2v) is 4.46. The molecule has 0 unspecified atom stereocenters. The molecular formula is C9H8Cl2N4. The SMILES string of the molecule is Cn1nc(C2CC2)c2nc(Cl)nc(Cl)c21. The summed E-state index contributed by atoms with van der Waals surface area (Å²) in [5.74, 6) is 0.524. The smallest absolute Gasteiger partial charge is 0.224 e. The van der Waals surface area contributed by atoms with Crippen molar-refractivity contribution in [3.63, 3.8) is 0 Å². The molecule has 1 aliphatic rings. The van der Waals surface area contributed by atoms with Gasteiger partial charge >= 0.3 is 0 Å². The first-order valence-corrected chi connectivity index (χ1v) is 5.48. The van der Waals surface area contributed by atoms with E-state index in [0.717, 1.165) is 16.7 Å². The highest BCUT2D eigenvalue weighted by atomic mass is 35.5. The van der Waals surface area contributed by atoms with Crippen LogP contribution >= 0.6 is 23.2 Å². The molecule has 2 aromatic rings. The molecule has 0 amide bonds. The number of hydrogen-bond acceptors (Lipinski definition) is 3. The third-order valence-electron chi connectivity index (χ3n) is 2.60. The predicted octanol–water partition coefficient (Wildman–Crippen LogP) is 2.55. The molecule has 1 fully saturated rings. The largest absolute Gasteiger partial charge is 0.263 e. The van der Waals surface area contributed by atoms with E-state index in [-0.39, 0.29) is 5.28 Å². The van der Waals surface area contributed by atoms with Gasteiger partial charge in [-0.2, -0.15) is 5.10 Å². The molecule has 0 bridgehead atoms. The van der Waals surface area contributed by atoms with E-state index in [1.165, 1.54) is 12.8 Å². The fraction of sp³-hybridized carbons (Fsp3) is 0.444. The first kappa shape index (κ1) is 9.36. The van der Waals surface area contributed by atoms with E-state index >= 15 is 0 Å². The maximum absolute atomic E-state index is 6.01. The molecule has 3 rings (SSSR count). The van der Waals surface area contributed by atoms with Crippen LogP contribution in [0.15, 0.2) is 0 Å². The monoisotopic (exact) mass is 242 g/mol. The number of aryl methyl sites for hydroxylation is 1. The molecule has 78 valence electrons. The van der Waals surface area contributed by atoms with E-state index in [9.17, 15) is 0 Å². The standard InChI is InChI=1S/C9H8Cl2N4/c1-15-7-6(5(14-15)4-2-3-4)12-9(11)13-8(7)10/h4H,2-3H2,1H3. The summed E-state index contributed by atoms with van der Waals surface area (Å²) in [6, 6.07) is 0. The molecule has 2 heterocycles. The van der Waals surface area contributed by atoms with Crippen LogP contribution in [0.5, 0.6) is 0 Å². The van der Waals surface area contributed by atoms with Gasteiger partial charge in [-0.05, 0) is 24.4 Å². The first-order valence-electron chi connectivity index (χ1n) is 4.72. The van der Waals surface area contributed by atoms with Gasteiger partial charge in [-0.3, -0.25) is 4.68 Å². The third kappa shape index (κ3) is 1.40. The van der Waals surface area contributed by atoms with Crippen LogP contribution in [0.1, 0.15) is 24.5 Å². The van der Waals surface area contributed by atoms with Crippen molar-refractivity contribution in [2.75, 3.05) is 0 Å². The molecule has 1 aliphatic carbocycles. The second-order valence-electron chi connectivity index (χ2n) is 3.76. The average molecular weight is 243 g/mol. The lowest BCUT2D eigenvalue weighted by Crippen LogP contribution is -1.92. The van der Waals surface area contributed by atoms with Crippen molar-refractivity contribution < 1.29 is 0 Å². The predicted molar refractivity (Wildman–Crippen MR) is 58.3 cm³/mol. The topological polar surface area (TPSA) is 43.6 Å². The van der Waals surface area contributed by atoms with Gasteiger partial charge in [-0.25, -0.2) is 9.97 Å². The lowest BCUT2D eigenvalue weighted by molar-refractivity contribution is 0.766. The molecule has 15 heavy (non-hydrogen) atoms. The highest BCUT2D eigenvalue weighted by Crippen LogP contribution is 2.42. The molecular weight excluding hydrogens is 235 g/mol. The van der Waals surface area contributed by atoms with Crippen LogP contribution in [0.3, 0.4) is 0 Å². The van der Waals surface area contributed by atoms with Gasteiger partial charge in [-0.1, -0.05) is 11.6 Å². The van der Waals surface area contributed by atoms with Crippen molar-refractivity contribution in [3.05, 3.63) is 16.1 Å². The highest BCUT2D eigenvalue weighted by molar-refractivity contribution is 6.35. The Hall–Kier alpha value is -0.870. The van der Waals surface area contributed by atoms with Gasteiger partial charge in [0.25, 0.3) is 0 Å². The summed E-state index contributed by atoms with van der Waals surface area (Å²) in [5, 5.41) is 4.98. The molecule has 6 heteroatoms. The second kappa shape index (κ2) is 3.06. The molecule has 0 aliphatic heterocycles. The summed E-state index contributed by atoms with van der Waals surface area (Å²) in [7, 11) is 1.84. The molecule has 0 spiro atoms. The molecule has 2 aromatic heterocycles. The number of fused-ring (bicyclic) bond motifs is 1. The van der Waals surface area contributed by atoms with E-state index in [1.807, 2.05) is 7.05 Å². The maximum atomic E-state index is 6.01. The van der Waals surface area contributed by atoms with Crippen molar-refractivity contribution in [1.82, 2.24) is 19.7 Å². The van der Waals surface area contributed by atoms with E-state index < -0.39 is 0 Å². The molecule has 0 aromatic carbocycles. The number of halogens is 2. The first-order chi connectivity index (χ1) is 7.16. The van der Waals surface area contributed by atoms with Gasteiger partial charge in [-0.15, -0.1) is 0 Å². The lowest BCUT2D eigenvalue weighted by atomic mass is 10.2. The molecule has 4 nitrogen and oxygen atoms in total. The number of aromatic nitrogens is 4. The van der Waals surface area contributed by atoms with Crippen LogP contribution in [0.2, 0.25) is 10.4 Å². The molecule has 0 saturated heterocycles. The molecule has 0 N–H and O–H groups in total. The van der Waals surface area contributed by atoms with Crippen molar-refractivity contribution in [1.29, 1.82) is 0 Å². The minimum Gasteiger partial charge on any atom is -0.263 e. The van der Waals surface area contributed by atoms with Gasteiger partial charge in [0.05, 0.1) is 5.69 Å². The Labute approximate surface area is 96.2 Å². The van der Waals surface area contributed by atoms with Gasteiger partial charge in [0, 0.05) is 13.0 Å². The minimum atomic E-state index is 0.183. The zero-order valence-electron chi connectivity index (χ0n) is 8.04. The Morgan fingerprint density at radius 1 is 1.27 bits per heavy atom. The molecule has 1 saturated carbocycles. The van der Waals surface area contributed by atoms with Crippen molar-refractivity contribution in [2.24, 2.45) is 7.05 Å². The number of rotatable bonds is 1. The van der Waals surface area contributed by atoms with Crippen molar-refractivity contribution in [2.45, 2.75) is 18.8 Å². The Kier molecular flexibility index (Phi) is 1.91. The van der Waals surface area contributed by atoms with E-state index in [0.29, 0.717) is 11.1 Å². The van der Waals surface area contributed by atoms with Crippen LogP contribution in [-0.2, 0) is 7.05 Å². The van der Waals surface area contributed by atoms with Gasteiger partial charge < -0.3 is 0 Å². The van der Waals surface area contributed by atoms with Crippen molar-refractivity contribution in [3.8, 4) is 0 Å². The quantitative estimate of drug-likeness (QED) is 0.571. The third-order valence-corrected chi connectivity index (χ3v) is 3.03. The average Bonchev–Trinajstić information content (AvgIpc) is 2.92. The normalized spacial score (nSPS) is 16.2. The Morgan fingerprint density at radius 3 is 2.67 bits per heavy atom. The van der Waals surface area contributed by atoms with Crippen LogP contribution in [0.25, 0.3) is 11.0 Å². The van der Waals surface area contributed by atoms with E-state index in [1.54, 1.807) is 4.68 Å². The Morgan fingerprint density at radius 2 is 2.00 bits per heavy atom. The lowest BCUT2D eigenvalue weighted by Gasteiger charge is -1.96. The number of hydrogen-bond donors (Lipinski definition) is 0. The molecule has 0 radical (unpaired) electrons. The summed E-state index contributed by atoms with van der Waals surface area (Å²) in [6.45, 7) is 0. The van der Waals surface area contributed by atoms with Crippen LogP contribution in [0.4, 0.5) is 0 Å². The van der Waals surface area contributed by atoms with Gasteiger partial charge in [0.1, 0.15) is 11.0 Å². The van der Waals surface area contributed by atoms with E-state index in [4.69, 9.17) is 23.2 Å². The van der Waals surface area contributed by atoms with Gasteiger partial charge in [0.15, 0.2) is 5.15 Å². The highest BCUT2D eigenvalue weighted by Gasteiger charge is 2.30. The van der Waals surface area contributed by atoms with Crippen molar-refractivity contribution >= 4 is 34.2 Å². The van der Waals surface area contributed by atoms with Crippen LogP contribution in [0, 0.1) is 0 Å². The Balaban J connectivity index is 2.38. The summed E-state index contributed by atoms with van der Waals surface area (Å²) < 4.78 is 1.72. The minimum absolute atomic E-state index is 0.183. The fourth-order valence-corrected chi connectivity index (χ4v) is 2.26. The summed E-state index contributed by atoms with van der Waals surface area (Å²) in [5.41, 5.74) is 2.56. The maximum Gasteiger partial charge on any atom is 0.224 e. The van der Waals surface area contributed by atoms with Crippen LogP contribution in [-0.4, -0.2) is 19.7 Å².